The summed E-state index contributed by atoms with van der Waals surface area (Å²) in [6.07, 6.45) is 4.79. The SMILES string of the molecule is CCNC(=NCC1CCN(C2CC2)C1)N1CC[C@@H](O)C1. The van der Waals surface area contributed by atoms with Crippen LogP contribution in [0.1, 0.15) is 32.6 Å². The number of nitrogens with one attached hydrogen (secondary N) is 1. The molecule has 5 nitrogen and oxygen atoms in total. The average Bonchev–Trinajstić information content (AvgIpc) is 3.03. The molecule has 2 heterocycles. The van der Waals surface area contributed by atoms with Gasteiger partial charge in [0.15, 0.2) is 5.96 Å². The van der Waals surface area contributed by atoms with Crippen molar-refractivity contribution in [2.75, 3.05) is 39.3 Å². The van der Waals surface area contributed by atoms with E-state index in [1.54, 1.807) is 0 Å². The zero-order valence-electron chi connectivity index (χ0n) is 12.6. The fourth-order valence-corrected chi connectivity index (χ4v) is 3.36. The van der Waals surface area contributed by atoms with Crippen LogP contribution >= 0.6 is 0 Å². The van der Waals surface area contributed by atoms with Crippen molar-refractivity contribution in [3.8, 4) is 0 Å². The van der Waals surface area contributed by atoms with E-state index in [2.05, 4.69) is 22.0 Å². The highest BCUT2D eigenvalue weighted by molar-refractivity contribution is 5.80. The Bertz CT molecular complexity index is 356. The largest absolute Gasteiger partial charge is 0.391 e. The third-order valence-corrected chi connectivity index (χ3v) is 4.68. The number of likely N-dealkylation sites (tertiary alicyclic amines) is 2. The summed E-state index contributed by atoms with van der Waals surface area (Å²) < 4.78 is 0. The standard InChI is InChI=1S/C15H28N4O/c1-2-16-15(19-8-6-14(20)11-19)17-9-12-5-7-18(10-12)13-3-4-13/h12-14,20H,2-11H2,1H3,(H,16,17)/t12?,14-/m1/s1. The van der Waals surface area contributed by atoms with Crippen LogP contribution in [0.4, 0.5) is 0 Å². The number of guanidine groups is 1. The lowest BCUT2D eigenvalue weighted by atomic mass is 10.1. The first-order chi connectivity index (χ1) is 9.76. The molecule has 1 saturated carbocycles. The highest BCUT2D eigenvalue weighted by Gasteiger charge is 2.34. The summed E-state index contributed by atoms with van der Waals surface area (Å²) in [4.78, 5) is 9.66. The Hall–Kier alpha value is -0.810. The minimum Gasteiger partial charge on any atom is -0.391 e. The van der Waals surface area contributed by atoms with Gasteiger partial charge in [-0.2, -0.15) is 0 Å². The number of aliphatic hydroxyl groups excluding tert-OH is 1. The molecule has 2 aliphatic heterocycles. The summed E-state index contributed by atoms with van der Waals surface area (Å²) in [5, 5.41) is 13.0. The number of aliphatic hydroxyl groups is 1. The zero-order valence-corrected chi connectivity index (χ0v) is 12.6. The molecule has 0 amide bonds. The molecule has 0 aromatic carbocycles. The first kappa shape index (κ1) is 14.1. The minimum absolute atomic E-state index is 0.185. The summed E-state index contributed by atoms with van der Waals surface area (Å²) >= 11 is 0. The molecule has 2 N–H and O–H groups in total. The van der Waals surface area contributed by atoms with Gasteiger partial charge in [0, 0.05) is 38.8 Å². The Morgan fingerprint density at radius 1 is 1.20 bits per heavy atom. The molecule has 1 unspecified atom stereocenters. The topological polar surface area (TPSA) is 51.1 Å². The molecular weight excluding hydrogens is 252 g/mol. The van der Waals surface area contributed by atoms with Gasteiger partial charge in [0.05, 0.1) is 6.10 Å². The number of β-amino-alcohol motifs (C(OH)–C–C–N with tert-alkyl or cyclic N) is 1. The molecule has 20 heavy (non-hydrogen) atoms. The Labute approximate surface area is 122 Å². The predicted molar refractivity (Wildman–Crippen MR) is 80.9 cm³/mol. The summed E-state index contributed by atoms with van der Waals surface area (Å²) in [7, 11) is 0. The van der Waals surface area contributed by atoms with Gasteiger partial charge in [-0.1, -0.05) is 0 Å². The van der Waals surface area contributed by atoms with Crippen molar-refractivity contribution >= 4 is 5.96 Å². The van der Waals surface area contributed by atoms with Crippen LogP contribution in [0.3, 0.4) is 0 Å². The number of hydrogen-bond acceptors (Lipinski definition) is 3. The maximum Gasteiger partial charge on any atom is 0.194 e. The summed E-state index contributed by atoms with van der Waals surface area (Å²) in [6.45, 7) is 8.07. The molecule has 2 saturated heterocycles. The van der Waals surface area contributed by atoms with E-state index in [9.17, 15) is 5.11 Å². The van der Waals surface area contributed by atoms with Gasteiger partial charge in [0.25, 0.3) is 0 Å². The van der Waals surface area contributed by atoms with Crippen molar-refractivity contribution in [2.24, 2.45) is 10.9 Å². The smallest absolute Gasteiger partial charge is 0.194 e. The third-order valence-electron chi connectivity index (χ3n) is 4.68. The van der Waals surface area contributed by atoms with Crippen molar-refractivity contribution in [2.45, 2.75) is 44.8 Å². The van der Waals surface area contributed by atoms with Gasteiger partial charge >= 0.3 is 0 Å². The molecule has 3 rings (SSSR count). The van der Waals surface area contributed by atoms with Gasteiger partial charge in [0.1, 0.15) is 0 Å². The van der Waals surface area contributed by atoms with E-state index in [0.29, 0.717) is 0 Å². The molecule has 0 aromatic heterocycles. The number of nitrogens with zero attached hydrogens (tertiary/aromatic N) is 3. The summed E-state index contributed by atoms with van der Waals surface area (Å²) in [6, 6.07) is 0.894. The van der Waals surface area contributed by atoms with E-state index in [0.717, 1.165) is 50.5 Å². The molecule has 0 aromatic rings. The van der Waals surface area contributed by atoms with Crippen molar-refractivity contribution in [3.63, 3.8) is 0 Å². The van der Waals surface area contributed by atoms with Crippen LogP contribution in [0.5, 0.6) is 0 Å². The normalized spacial score (nSPS) is 32.1. The van der Waals surface area contributed by atoms with Crippen LogP contribution in [0.15, 0.2) is 4.99 Å². The molecule has 3 aliphatic rings. The van der Waals surface area contributed by atoms with E-state index >= 15 is 0 Å². The first-order valence-electron chi connectivity index (χ1n) is 8.21. The van der Waals surface area contributed by atoms with Gasteiger partial charge in [-0.3, -0.25) is 4.99 Å². The monoisotopic (exact) mass is 280 g/mol. The van der Waals surface area contributed by atoms with Crippen LogP contribution in [0.25, 0.3) is 0 Å². The number of hydrogen-bond donors (Lipinski definition) is 2. The minimum atomic E-state index is -0.185. The van der Waals surface area contributed by atoms with Gasteiger partial charge in [-0.05, 0) is 45.1 Å². The Balaban J connectivity index is 1.51. The number of rotatable bonds is 4. The number of aliphatic imine (C=N–C) groups is 1. The molecule has 3 fully saturated rings. The molecule has 0 spiro atoms. The maximum absolute atomic E-state index is 9.67. The van der Waals surface area contributed by atoms with Gasteiger partial charge in [-0.15, -0.1) is 0 Å². The van der Waals surface area contributed by atoms with Crippen LogP contribution in [0.2, 0.25) is 0 Å². The highest BCUT2D eigenvalue weighted by Crippen LogP contribution is 2.31. The highest BCUT2D eigenvalue weighted by atomic mass is 16.3. The van der Waals surface area contributed by atoms with E-state index in [1.807, 2.05) is 0 Å². The Morgan fingerprint density at radius 3 is 2.70 bits per heavy atom. The van der Waals surface area contributed by atoms with Crippen LogP contribution < -0.4 is 5.32 Å². The molecule has 5 heteroatoms. The van der Waals surface area contributed by atoms with Crippen LogP contribution in [-0.4, -0.2) is 72.3 Å². The zero-order chi connectivity index (χ0) is 13.9. The quantitative estimate of drug-likeness (QED) is 0.582. The lowest BCUT2D eigenvalue weighted by Crippen LogP contribution is -2.40. The second-order valence-electron chi connectivity index (χ2n) is 6.46. The molecule has 2 atom stereocenters. The Morgan fingerprint density at radius 2 is 2.05 bits per heavy atom. The fraction of sp³-hybridized carbons (Fsp3) is 0.933. The summed E-state index contributed by atoms with van der Waals surface area (Å²) in [5.74, 6) is 1.71. The summed E-state index contributed by atoms with van der Waals surface area (Å²) in [5.41, 5.74) is 0. The average molecular weight is 280 g/mol. The van der Waals surface area contributed by atoms with E-state index in [-0.39, 0.29) is 6.10 Å². The van der Waals surface area contributed by atoms with Crippen molar-refractivity contribution in [1.82, 2.24) is 15.1 Å². The second kappa shape index (κ2) is 6.31. The van der Waals surface area contributed by atoms with E-state index in [1.165, 1.54) is 32.4 Å². The van der Waals surface area contributed by atoms with Crippen LogP contribution in [-0.2, 0) is 0 Å². The van der Waals surface area contributed by atoms with Crippen molar-refractivity contribution in [3.05, 3.63) is 0 Å². The maximum atomic E-state index is 9.67. The molecule has 0 bridgehead atoms. The van der Waals surface area contributed by atoms with Gasteiger partial charge in [-0.25, -0.2) is 0 Å². The van der Waals surface area contributed by atoms with Crippen LogP contribution in [0, 0.1) is 5.92 Å². The third kappa shape index (κ3) is 3.44. The predicted octanol–water partition coefficient (Wildman–Crippen LogP) is 0.503. The molecule has 0 radical (unpaired) electrons. The second-order valence-corrected chi connectivity index (χ2v) is 6.46. The molecule has 1 aliphatic carbocycles. The van der Waals surface area contributed by atoms with Gasteiger partial charge in [0.2, 0.25) is 0 Å². The lowest BCUT2D eigenvalue weighted by Gasteiger charge is -2.21. The lowest BCUT2D eigenvalue weighted by molar-refractivity contribution is 0.187. The van der Waals surface area contributed by atoms with Gasteiger partial charge < -0.3 is 20.2 Å². The van der Waals surface area contributed by atoms with E-state index < -0.39 is 0 Å². The van der Waals surface area contributed by atoms with E-state index in [4.69, 9.17) is 4.99 Å². The van der Waals surface area contributed by atoms with Crippen molar-refractivity contribution in [1.29, 1.82) is 0 Å². The molecule has 114 valence electrons. The first-order valence-corrected chi connectivity index (χ1v) is 8.21. The Kier molecular flexibility index (Phi) is 4.46. The fourth-order valence-electron chi connectivity index (χ4n) is 3.36. The van der Waals surface area contributed by atoms with Crippen molar-refractivity contribution < 1.29 is 5.11 Å². The molecular formula is C15H28N4O.